The first-order chi connectivity index (χ1) is 29.9. The van der Waals surface area contributed by atoms with E-state index in [0.29, 0.717) is 12.8 Å². The summed E-state index contributed by atoms with van der Waals surface area (Å²) in [5.74, 6) is -1.08. The Morgan fingerprint density at radius 2 is 0.726 bits per heavy atom. The lowest BCUT2D eigenvalue weighted by atomic mass is 9.85. The van der Waals surface area contributed by atoms with Gasteiger partial charge in [0.1, 0.15) is 43.2 Å². The SMILES string of the molecule is CCCCCCCCCCCCCCCCCCCC(=O)OC(COC(=O)CCCCCCCCCCCCCCCCCC)COP(=O)(O)OC1C(O)C(O)C(O)C(O)C1O. The van der Waals surface area contributed by atoms with Crippen molar-refractivity contribution in [2.45, 2.75) is 281 Å². The number of aliphatic hydroxyl groups is 5. The van der Waals surface area contributed by atoms with Gasteiger partial charge in [0.05, 0.1) is 6.61 Å². The van der Waals surface area contributed by atoms with Gasteiger partial charge in [-0.15, -0.1) is 0 Å². The summed E-state index contributed by atoms with van der Waals surface area (Å²) in [5, 5.41) is 50.2. The minimum absolute atomic E-state index is 0.105. The van der Waals surface area contributed by atoms with Gasteiger partial charge in [-0.25, -0.2) is 4.57 Å². The van der Waals surface area contributed by atoms with E-state index in [1.54, 1.807) is 0 Å². The van der Waals surface area contributed by atoms with Crippen LogP contribution in [0.3, 0.4) is 0 Å². The molecule has 0 aromatic rings. The predicted octanol–water partition coefficient (Wildman–Crippen LogP) is 10.5. The van der Waals surface area contributed by atoms with Crippen molar-refractivity contribution in [3.63, 3.8) is 0 Å². The fourth-order valence-corrected chi connectivity index (χ4v) is 9.09. The molecule has 6 unspecified atom stereocenters. The van der Waals surface area contributed by atoms with Gasteiger partial charge < -0.3 is 39.9 Å². The Morgan fingerprint density at radius 3 is 1.06 bits per heavy atom. The van der Waals surface area contributed by atoms with Crippen molar-refractivity contribution in [3.8, 4) is 0 Å². The third-order valence-corrected chi connectivity index (χ3v) is 13.2. The maximum absolute atomic E-state index is 12.8. The van der Waals surface area contributed by atoms with Crippen LogP contribution in [0.15, 0.2) is 0 Å². The molecular formula is C48H93O13P. The molecule has 0 aromatic carbocycles. The van der Waals surface area contributed by atoms with Gasteiger partial charge in [0.2, 0.25) is 0 Å². The minimum atomic E-state index is -5.11. The quantitative estimate of drug-likeness (QED) is 0.0191. The molecule has 0 aromatic heterocycles. The first kappa shape index (κ1) is 58.9. The van der Waals surface area contributed by atoms with Gasteiger partial charge >= 0.3 is 19.8 Å². The molecule has 13 nitrogen and oxygen atoms in total. The molecular weight excluding hydrogens is 815 g/mol. The van der Waals surface area contributed by atoms with Crippen LogP contribution in [0, 0.1) is 0 Å². The maximum atomic E-state index is 12.8. The first-order valence-corrected chi connectivity index (χ1v) is 26.8. The van der Waals surface area contributed by atoms with Crippen LogP contribution < -0.4 is 0 Å². The molecule has 6 N–H and O–H groups in total. The second-order valence-corrected chi connectivity index (χ2v) is 19.4. The third kappa shape index (κ3) is 30.9. The lowest BCUT2D eigenvalue weighted by Crippen LogP contribution is -2.64. The van der Waals surface area contributed by atoms with Crippen molar-refractivity contribution in [3.05, 3.63) is 0 Å². The third-order valence-electron chi connectivity index (χ3n) is 12.2. The molecule has 1 aliphatic rings. The highest BCUT2D eigenvalue weighted by molar-refractivity contribution is 7.47. The van der Waals surface area contributed by atoms with Crippen molar-refractivity contribution in [2.75, 3.05) is 13.2 Å². The number of hydrogen-bond donors (Lipinski definition) is 6. The van der Waals surface area contributed by atoms with Gasteiger partial charge in [0.25, 0.3) is 0 Å². The molecule has 0 saturated heterocycles. The van der Waals surface area contributed by atoms with Crippen LogP contribution in [0.4, 0.5) is 0 Å². The van der Waals surface area contributed by atoms with Crippen LogP contribution in [-0.4, -0.2) is 98.3 Å². The average Bonchev–Trinajstić information content (AvgIpc) is 3.25. The highest BCUT2D eigenvalue weighted by Crippen LogP contribution is 2.47. The zero-order valence-electron chi connectivity index (χ0n) is 39.2. The topological polar surface area (TPSA) is 210 Å². The normalized spacial score (nSPS) is 21.7. The lowest BCUT2D eigenvalue weighted by Gasteiger charge is -2.41. The number of carbonyl (C=O) groups is 2. The highest BCUT2D eigenvalue weighted by atomic mass is 31.2. The molecule has 6 atom stereocenters. The number of hydrogen-bond acceptors (Lipinski definition) is 12. The van der Waals surface area contributed by atoms with E-state index >= 15 is 0 Å². The maximum Gasteiger partial charge on any atom is 0.472 e. The second-order valence-electron chi connectivity index (χ2n) is 18.0. The summed E-state index contributed by atoms with van der Waals surface area (Å²) in [6, 6.07) is 0. The Hall–Kier alpha value is -1.15. The van der Waals surface area contributed by atoms with Gasteiger partial charge in [-0.2, -0.15) is 0 Å². The Kier molecular flexibility index (Phi) is 37.1. The van der Waals surface area contributed by atoms with Crippen molar-refractivity contribution in [1.82, 2.24) is 0 Å². The van der Waals surface area contributed by atoms with Crippen molar-refractivity contribution >= 4 is 19.8 Å². The molecule has 1 saturated carbocycles. The number of carbonyl (C=O) groups excluding carboxylic acids is 2. The molecule has 62 heavy (non-hydrogen) atoms. The number of unbranched alkanes of at least 4 members (excludes halogenated alkanes) is 31. The van der Waals surface area contributed by atoms with Crippen LogP contribution in [0.5, 0.6) is 0 Å². The Labute approximate surface area is 376 Å². The summed E-state index contributed by atoms with van der Waals surface area (Å²) in [6.07, 6.45) is 27.2. The van der Waals surface area contributed by atoms with E-state index in [-0.39, 0.29) is 12.8 Å². The Morgan fingerprint density at radius 1 is 0.435 bits per heavy atom. The van der Waals surface area contributed by atoms with Crippen LogP contribution in [0.2, 0.25) is 0 Å². The molecule has 368 valence electrons. The zero-order valence-corrected chi connectivity index (χ0v) is 40.1. The first-order valence-electron chi connectivity index (χ1n) is 25.3. The summed E-state index contributed by atoms with van der Waals surface area (Å²) in [5.41, 5.74) is 0. The number of rotatable bonds is 43. The Balaban J connectivity index is 2.39. The van der Waals surface area contributed by atoms with Crippen LogP contribution in [0.25, 0.3) is 0 Å². The smallest absolute Gasteiger partial charge is 0.462 e. The van der Waals surface area contributed by atoms with E-state index in [0.717, 1.165) is 38.5 Å². The summed E-state index contributed by atoms with van der Waals surface area (Å²) in [6.45, 7) is 3.34. The van der Waals surface area contributed by atoms with Crippen molar-refractivity contribution in [2.24, 2.45) is 0 Å². The molecule has 0 heterocycles. The summed E-state index contributed by atoms with van der Waals surface area (Å²) in [7, 11) is -5.11. The van der Waals surface area contributed by atoms with Gasteiger partial charge in [-0.3, -0.25) is 18.6 Å². The van der Waals surface area contributed by atoms with Crippen LogP contribution in [-0.2, 0) is 32.7 Å². The molecule has 1 aliphatic carbocycles. The molecule has 0 spiro atoms. The van der Waals surface area contributed by atoms with Gasteiger partial charge in [0.15, 0.2) is 6.10 Å². The van der Waals surface area contributed by atoms with E-state index in [1.165, 1.54) is 161 Å². The van der Waals surface area contributed by atoms with Gasteiger partial charge in [-0.1, -0.05) is 213 Å². The number of ether oxygens (including phenoxy) is 2. The van der Waals surface area contributed by atoms with E-state index in [4.69, 9.17) is 18.5 Å². The minimum Gasteiger partial charge on any atom is -0.462 e. The predicted molar refractivity (Wildman–Crippen MR) is 244 cm³/mol. The van der Waals surface area contributed by atoms with Crippen LogP contribution >= 0.6 is 7.82 Å². The second kappa shape index (κ2) is 39.1. The van der Waals surface area contributed by atoms with Gasteiger partial charge in [-0.05, 0) is 12.8 Å². The number of phosphoric ester groups is 1. The summed E-state index contributed by atoms with van der Waals surface area (Å²) >= 11 is 0. The Bertz CT molecular complexity index is 1100. The fourth-order valence-electron chi connectivity index (χ4n) is 8.11. The average molecular weight is 909 g/mol. The molecule has 1 fully saturated rings. The van der Waals surface area contributed by atoms with Crippen molar-refractivity contribution in [1.29, 1.82) is 0 Å². The molecule has 14 heteroatoms. The molecule has 0 amide bonds. The van der Waals surface area contributed by atoms with Crippen LogP contribution in [0.1, 0.15) is 239 Å². The number of phosphoric acid groups is 1. The molecule has 0 bridgehead atoms. The summed E-state index contributed by atoms with van der Waals surface area (Å²) in [4.78, 5) is 35.8. The standard InChI is InChI=1S/C48H93O13P/c1-3-5-7-9-11-13-15-17-19-21-23-25-27-29-31-33-35-37-42(50)60-40(39-59-62(56,57)61-48-46(54)44(52)43(51)45(53)47(48)55)38-58-41(49)36-34-32-30-28-26-24-22-20-18-16-14-12-10-8-6-4-2/h40,43-48,51-55H,3-39H2,1-2H3,(H,56,57). The van der Waals surface area contributed by atoms with E-state index in [9.17, 15) is 44.6 Å². The highest BCUT2D eigenvalue weighted by Gasteiger charge is 2.51. The molecule has 1 rings (SSSR count). The van der Waals surface area contributed by atoms with Gasteiger partial charge in [0, 0.05) is 12.8 Å². The molecule has 0 aliphatic heterocycles. The molecule has 0 radical (unpaired) electrons. The monoisotopic (exact) mass is 909 g/mol. The van der Waals surface area contributed by atoms with Crippen molar-refractivity contribution < 1.29 is 63.1 Å². The van der Waals surface area contributed by atoms with E-state index in [1.807, 2.05) is 0 Å². The van der Waals surface area contributed by atoms with E-state index < -0.39 is 75.7 Å². The fraction of sp³-hybridized carbons (Fsp3) is 0.958. The largest absolute Gasteiger partial charge is 0.472 e. The number of esters is 2. The zero-order chi connectivity index (χ0) is 45.7. The summed E-state index contributed by atoms with van der Waals surface area (Å²) < 4.78 is 33.6. The van der Waals surface area contributed by atoms with E-state index in [2.05, 4.69) is 13.8 Å². The number of aliphatic hydroxyl groups excluding tert-OH is 5. The lowest BCUT2D eigenvalue weighted by molar-refractivity contribution is -0.220.